The van der Waals surface area contributed by atoms with Crippen molar-refractivity contribution in [2.24, 2.45) is 0 Å². The Morgan fingerprint density at radius 1 is 1.06 bits per heavy atom. The van der Waals surface area contributed by atoms with Crippen LogP contribution in [0.3, 0.4) is 0 Å². The van der Waals surface area contributed by atoms with E-state index in [9.17, 15) is 18.0 Å². The maximum atomic E-state index is 13.3. The first kappa shape index (κ1) is 27.4. The summed E-state index contributed by atoms with van der Waals surface area (Å²) in [6.45, 7) is 8.64. The summed E-state index contributed by atoms with van der Waals surface area (Å²) in [4.78, 5) is 27.5. The fourth-order valence-corrected chi connectivity index (χ4v) is 4.69. The molecule has 2 aromatic rings. The van der Waals surface area contributed by atoms with Crippen LogP contribution < -0.4 is 9.62 Å². The van der Waals surface area contributed by atoms with Gasteiger partial charge in [-0.2, -0.15) is 0 Å². The first-order valence-electron chi connectivity index (χ1n) is 11.7. The molecule has 8 heteroatoms. The minimum absolute atomic E-state index is 0.134. The fourth-order valence-electron chi connectivity index (χ4n) is 3.74. The van der Waals surface area contributed by atoms with Gasteiger partial charge < -0.3 is 10.2 Å². The van der Waals surface area contributed by atoms with Crippen LogP contribution in [0.2, 0.25) is 0 Å². The molecule has 1 atom stereocenters. The molecule has 0 radical (unpaired) electrons. The lowest BCUT2D eigenvalue weighted by atomic mass is 10.1. The van der Waals surface area contributed by atoms with Crippen LogP contribution in [0.1, 0.15) is 49.8 Å². The number of anilines is 1. The number of nitrogens with zero attached hydrogens (tertiary/aromatic N) is 2. The second-order valence-electron chi connectivity index (χ2n) is 8.69. The highest BCUT2D eigenvalue weighted by Crippen LogP contribution is 2.20. The van der Waals surface area contributed by atoms with E-state index in [1.807, 2.05) is 63.2 Å². The van der Waals surface area contributed by atoms with Crippen molar-refractivity contribution < 1.29 is 18.0 Å². The van der Waals surface area contributed by atoms with Crippen LogP contribution in [-0.2, 0) is 26.2 Å². The number of benzene rings is 2. The topological polar surface area (TPSA) is 86.8 Å². The molecule has 34 heavy (non-hydrogen) atoms. The van der Waals surface area contributed by atoms with Gasteiger partial charge >= 0.3 is 0 Å². The number of nitrogens with one attached hydrogen (secondary N) is 1. The molecule has 0 bridgehead atoms. The highest BCUT2D eigenvalue weighted by Gasteiger charge is 2.26. The molecule has 2 aromatic carbocycles. The van der Waals surface area contributed by atoms with Crippen molar-refractivity contribution in [2.45, 2.75) is 59.5 Å². The minimum atomic E-state index is -3.50. The third-order valence-corrected chi connectivity index (χ3v) is 6.95. The SMILES string of the molecule is CCCNC(=O)[C@H](C)N(Cc1ccccc1C)C(=O)CCCN(c1cccc(C)c1)S(C)(=O)=O. The molecular weight excluding hydrogens is 450 g/mol. The van der Waals surface area contributed by atoms with Crippen molar-refractivity contribution in [3.05, 3.63) is 65.2 Å². The summed E-state index contributed by atoms with van der Waals surface area (Å²) < 4.78 is 26.1. The van der Waals surface area contributed by atoms with Gasteiger partial charge in [-0.05, 0) is 62.4 Å². The quantitative estimate of drug-likeness (QED) is 0.493. The Labute approximate surface area is 204 Å². The Hall–Kier alpha value is -2.87. The zero-order chi connectivity index (χ0) is 25.3. The van der Waals surface area contributed by atoms with Crippen molar-refractivity contribution in [3.63, 3.8) is 0 Å². The van der Waals surface area contributed by atoms with Gasteiger partial charge in [0.1, 0.15) is 6.04 Å². The number of hydrogen-bond acceptors (Lipinski definition) is 4. The van der Waals surface area contributed by atoms with Crippen LogP contribution in [0.4, 0.5) is 5.69 Å². The van der Waals surface area contributed by atoms with Crippen molar-refractivity contribution in [1.29, 1.82) is 0 Å². The van der Waals surface area contributed by atoms with E-state index in [1.165, 1.54) is 10.6 Å². The third kappa shape index (κ3) is 7.87. The van der Waals surface area contributed by atoms with E-state index in [-0.39, 0.29) is 24.8 Å². The molecule has 0 spiro atoms. The summed E-state index contributed by atoms with van der Waals surface area (Å²) >= 11 is 0. The van der Waals surface area contributed by atoms with Crippen LogP contribution in [0.25, 0.3) is 0 Å². The average Bonchev–Trinajstić information content (AvgIpc) is 2.78. The van der Waals surface area contributed by atoms with Crippen LogP contribution >= 0.6 is 0 Å². The van der Waals surface area contributed by atoms with E-state index in [1.54, 1.807) is 17.9 Å². The third-order valence-electron chi connectivity index (χ3n) is 5.76. The summed E-state index contributed by atoms with van der Waals surface area (Å²) in [5.41, 5.74) is 3.56. The van der Waals surface area contributed by atoms with Gasteiger partial charge in [-0.1, -0.05) is 43.3 Å². The van der Waals surface area contributed by atoms with E-state index >= 15 is 0 Å². The van der Waals surface area contributed by atoms with Crippen LogP contribution in [-0.4, -0.2) is 50.5 Å². The van der Waals surface area contributed by atoms with E-state index in [0.717, 1.165) is 23.1 Å². The fraction of sp³-hybridized carbons (Fsp3) is 0.462. The Morgan fingerprint density at radius 3 is 2.38 bits per heavy atom. The molecule has 0 saturated heterocycles. The number of sulfonamides is 1. The second kappa shape index (κ2) is 12.6. The van der Waals surface area contributed by atoms with Gasteiger partial charge in [0.05, 0.1) is 11.9 Å². The molecule has 2 rings (SSSR count). The summed E-state index contributed by atoms with van der Waals surface area (Å²) in [5, 5.41) is 2.87. The normalized spacial score (nSPS) is 12.1. The van der Waals surface area contributed by atoms with Crippen LogP contribution in [0, 0.1) is 13.8 Å². The first-order valence-corrected chi connectivity index (χ1v) is 13.6. The summed E-state index contributed by atoms with van der Waals surface area (Å²) in [6.07, 6.45) is 2.45. The van der Waals surface area contributed by atoms with E-state index in [0.29, 0.717) is 25.2 Å². The summed E-state index contributed by atoms with van der Waals surface area (Å²) in [7, 11) is -3.50. The lowest BCUT2D eigenvalue weighted by molar-refractivity contribution is -0.140. The molecule has 186 valence electrons. The lowest BCUT2D eigenvalue weighted by Crippen LogP contribution is -2.48. The molecule has 0 fully saturated rings. The van der Waals surface area contributed by atoms with Crippen LogP contribution in [0.15, 0.2) is 48.5 Å². The monoisotopic (exact) mass is 487 g/mol. The molecule has 0 aliphatic carbocycles. The Kier molecular flexibility index (Phi) is 10.1. The highest BCUT2D eigenvalue weighted by atomic mass is 32.2. The van der Waals surface area contributed by atoms with Gasteiger partial charge in [-0.25, -0.2) is 8.42 Å². The smallest absolute Gasteiger partial charge is 0.242 e. The average molecular weight is 488 g/mol. The standard InChI is InChI=1S/C26H37N3O4S/c1-6-16-27-26(31)22(4)28(19-23-13-8-7-12-21(23)3)25(30)15-10-17-29(34(5,32)33)24-14-9-11-20(2)18-24/h7-9,11-14,18,22H,6,10,15-17,19H2,1-5H3,(H,27,31)/t22-/m0/s1. The number of carbonyl (C=O) groups is 2. The highest BCUT2D eigenvalue weighted by molar-refractivity contribution is 7.92. The van der Waals surface area contributed by atoms with Gasteiger partial charge in [-0.3, -0.25) is 13.9 Å². The first-order chi connectivity index (χ1) is 16.0. The van der Waals surface area contributed by atoms with Crippen molar-refractivity contribution in [1.82, 2.24) is 10.2 Å². The van der Waals surface area contributed by atoms with Crippen molar-refractivity contribution >= 4 is 27.5 Å². The van der Waals surface area contributed by atoms with Gasteiger partial charge in [0, 0.05) is 26.1 Å². The Morgan fingerprint density at radius 2 is 1.76 bits per heavy atom. The molecule has 0 aliphatic rings. The maximum absolute atomic E-state index is 13.3. The molecule has 0 aromatic heterocycles. The number of aryl methyl sites for hydroxylation is 2. The van der Waals surface area contributed by atoms with Crippen molar-refractivity contribution in [3.8, 4) is 0 Å². The zero-order valence-electron chi connectivity index (χ0n) is 20.9. The summed E-state index contributed by atoms with van der Waals surface area (Å²) in [6, 6.07) is 14.4. The van der Waals surface area contributed by atoms with Gasteiger partial charge in [-0.15, -0.1) is 0 Å². The second-order valence-corrected chi connectivity index (χ2v) is 10.6. The number of hydrogen-bond donors (Lipinski definition) is 1. The van der Waals surface area contributed by atoms with E-state index < -0.39 is 16.1 Å². The largest absolute Gasteiger partial charge is 0.354 e. The van der Waals surface area contributed by atoms with E-state index in [4.69, 9.17) is 0 Å². The molecule has 0 saturated carbocycles. The predicted octanol–water partition coefficient (Wildman–Crippen LogP) is 3.79. The lowest BCUT2D eigenvalue weighted by Gasteiger charge is -2.30. The van der Waals surface area contributed by atoms with E-state index in [2.05, 4.69) is 5.32 Å². The van der Waals surface area contributed by atoms with Crippen molar-refractivity contribution in [2.75, 3.05) is 23.7 Å². The molecular formula is C26H37N3O4S. The molecule has 7 nitrogen and oxygen atoms in total. The Bertz CT molecular complexity index is 1080. The van der Waals surface area contributed by atoms with Crippen LogP contribution in [0.5, 0.6) is 0 Å². The molecule has 0 aliphatic heterocycles. The molecule has 0 unspecified atom stereocenters. The van der Waals surface area contributed by atoms with Gasteiger partial charge in [0.25, 0.3) is 0 Å². The predicted molar refractivity (Wildman–Crippen MR) is 137 cm³/mol. The molecule has 2 amide bonds. The Balaban J connectivity index is 2.16. The minimum Gasteiger partial charge on any atom is -0.354 e. The van der Waals surface area contributed by atoms with Gasteiger partial charge in [0.15, 0.2) is 0 Å². The number of rotatable bonds is 12. The van der Waals surface area contributed by atoms with Gasteiger partial charge in [0.2, 0.25) is 21.8 Å². The summed E-state index contributed by atoms with van der Waals surface area (Å²) in [5.74, 6) is -0.374. The molecule has 0 heterocycles. The number of carbonyl (C=O) groups excluding carboxylic acids is 2. The number of amides is 2. The molecule has 1 N–H and O–H groups in total. The zero-order valence-corrected chi connectivity index (χ0v) is 21.7. The maximum Gasteiger partial charge on any atom is 0.242 e.